The molecule has 0 bridgehead atoms. The largest absolute Gasteiger partial charge is 0.381 e. The average molecular weight is 266 g/mol. The van der Waals surface area contributed by atoms with E-state index in [0.29, 0.717) is 0 Å². The summed E-state index contributed by atoms with van der Waals surface area (Å²) in [5.41, 5.74) is 10.8. The number of hydrogen-bond acceptors (Lipinski definition) is 4. The third-order valence-corrected chi connectivity index (χ3v) is 3.20. The smallest absolute Gasteiger partial charge is 0.0752 e. The van der Waals surface area contributed by atoms with Crippen molar-refractivity contribution in [1.82, 2.24) is 16.0 Å². The van der Waals surface area contributed by atoms with Crippen LogP contribution in [0.15, 0.2) is 60.8 Å². The first kappa shape index (κ1) is 12.6. The maximum atomic E-state index is 3.45. The number of anilines is 1. The molecule has 0 spiro atoms. The van der Waals surface area contributed by atoms with Gasteiger partial charge in [0.05, 0.1) is 5.70 Å². The van der Waals surface area contributed by atoms with Crippen molar-refractivity contribution in [2.45, 2.75) is 6.54 Å². The standard InChI is InChI=1S/C16H18N4/c1-20-12-16(18-19-20)14-8-5-9-15(10-14)17-11-13-6-3-2-4-7-13/h2-10,12,17-19H,11H2,1H3. The molecule has 0 radical (unpaired) electrons. The van der Waals surface area contributed by atoms with E-state index in [9.17, 15) is 0 Å². The number of nitrogens with zero attached hydrogens (tertiary/aromatic N) is 1. The van der Waals surface area contributed by atoms with Crippen LogP contribution in [0.1, 0.15) is 11.1 Å². The highest BCUT2D eigenvalue weighted by Gasteiger charge is 2.09. The fraction of sp³-hybridized carbons (Fsp3) is 0.125. The molecular formula is C16H18N4. The first-order valence-corrected chi connectivity index (χ1v) is 6.66. The molecule has 102 valence electrons. The second kappa shape index (κ2) is 5.67. The second-order valence-corrected chi connectivity index (χ2v) is 4.81. The summed E-state index contributed by atoms with van der Waals surface area (Å²) in [7, 11) is 1.96. The van der Waals surface area contributed by atoms with E-state index in [1.54, 1.807) is 0 Å². The third-order valence-electron chi connectivity index (χ3n) is 3.20. The van der Waals surface area contributed by atoms with Gasteiger partial charge in [-0.3, -0.25) is 5.01 Å². The van der Waals surface area contributed by atoms with Crippen LogP contribution in [0.25, 0.3) is 5.70 Å². The van der Waals surface area contributed by atoms with Gasteiger partial charge in [0.1, 0.15) is 0 Å². The van der Waals surface area contributed by atoms with Crippen LogP contribution >= 0.6 is 0 Å². The van der Waals surface area contributed by atoms with E-state index < -0.39 is 0 Å². The highest BCUT2D eigenvalue weighted by atomic mass is 15.7. The van der Waals surface area contributed by atoms with Crippen LogP contribution < -0.4 is 16.3 Å². The van der Waals surface area contributed by atoms with E-state index in [4.69, 9.17) is 0 Å². The van der Waals surface area contributed by atoms with Gasteiger partial charge in [-0.2, -0.15) is 0 Å². The Morgan fingerprint density at radius 3 is 2.65 bits per heavy atom. The normalized spacial score (nSPS) is 13.8. The number of nitrogens with one attached hydrogen (secondary N) is 3. The summed E-state index contributed by atoms with van der Waals surface area (Å²) in [6.07, 6.45) is 2.02. The molecule has 2 aromatic carbocycles. The molecule has 0 atom stereocenters. The maximum Gasteiger partial charge on any atom is 0.0752 e. The molecule has 1 heterocycles. The molecule has 0 unspecified atom stereocenters. The molecule has 0 saturated carbocycles. The Bertz CT molecular complexity index is 607. The summed E-state index contributed by atoms with van der Waals surface area (Å²) in [4.78, 5) is 0. The topological polar surface area (TPSA) is 39.3 Å². The molecule has 20 heavy (non-hydrogen) atoms. The monoisotopic (exact) mass is 266 g/mol. The van der Waals surface area contributed by atoms with Crippen molar-refractivity contribution in [2.24, 2.45) is 0 Å². The van der Waals surface area contributed by atoms with Gasteiger partial charge in [-0.15, -0.1) is 5.53 Å². The number of rotatable bonds is 4. The van der Waals surface area contributed by atoms with Crippen molar-refractivity contribution < 1.29 is 0 Å². The van der Waals surface area contributed by atoms with E-state index in [2.05, 4.69) is 64.8 Å². The van der Waals surface area contributed by atoms with Crippen LogP contribution in [-0.2, 0) is 6.54 Å². The minimum absolute atomic E-state index is 0.828. The molecule has 0 aliphatic carbocycles. The minimum atomic E-state index is 0.828. The maximum absolute atomic E-state index is 3.45. The van der Waals surface area contributed by atoms with Crippen LogP contribution in [0.3, 0.4) is 0 Å². The van der Waals surface area contributed by atoms with Crippen molar-refractivity contribution in [3.8, 4) is 0 Å². The lowest BCUT2D eigenvalue weighted by Gasteiger charge is -2.09. The molecule has 0 saturated heterocycles. The molecular weight excluding hydrogens is 248 g/mol. The molecule has 0 amide bonds. The molecule has 3 N–H and O–H groups in total. The van der Waals surface area contributed by atoms with Crippen molar-refractivity contribution in [2.75, 3.05) is 12.4 Å². The van der Waals surface area contributed by atoms with Crippen molar-refractivity contribution >= 4 is 11.4 Å². The quantitative estimate of drug-likeness (QED) is 0.795. The summed E-state index contributed by atoms with van der Waals surface area (Å²) in [5.74, 6) is 0. The van der Waals surface area contributed by atoms with Crippen molar-refractivity contribution in [3.05, 3.63) is 71.9 Å². The van der Waals surface area contributed by atoms with E-state index in [0.717, 1.165) is 23.5 Å². The Labute approximate surface area is 119 Å². The number of hydrazine groups is 2. The number of benzene rings is 2. The third kappa shape index (κ3) is 2.92. The van der Waals surface area contributed by atoms with E-state index in [-0.39, 0.29) is 0 Å². The van der Waals surface area contributed by atoms with Crippen LogP contribution in [0, 0.1) is 0 Å². The van der Waals surface area contributed by atoms with Gasteiger partial charge in [-0.05, 0) is 17.7 Å². The van der Waals surface area contributed by atoms with Gasteiger partial charge < -0.3 is 10.7 Å². The predicted molar refractivity (Wildman–Crippen MR) is 82.2 cm³/mol. The minimum Gasteiger partial charge on any atom is -0.381 e. The highest BCUT2D eigenvalue weighted by molar-refractivity contribution is 5.67. The average Bonchev–Trinajstić information content (AvgIpc) is 2.93. The summed E-state index contributed by atoms with van der Waals surface area (Å²) in [6, 6.07) is 18.8. The zero-order chi connectivity index (χ0) is 13.8. The van der Waals surface area contributed by atoms with E-state index in [1.807, 2.05) is 24.3 Å². The molecule has 0 aromatic heterocycles. The van der Waals surface area contributed by atoms with Gasteiger partial charge in [0.2, 0.25) is 0 Å². The molecule has 3 rings (SSSR count). The van der Waals surface area contributed by atoms with Crippen LogP contribution in [0.4, 0.5) is 5.69 Å². The second-order valence-electron chi connectivity index (χ2n) is 4.81. The Morgan fingerprint density at radius 2 is 1.90 bits per heavy atom. The molecule has 0 fully saturated rings. The van der Waals surface area contributed by atoms with Gasteiger partial charge >= 0.3 is 0 Å². The summed E-state index contributed by atoms with van der Waals surface area (Å²) in [5, 5.41) is 5.34. The molecule has 4 heteroatoms. The van der Waals surface area contributed by atoms with Crippen LogP contribution in [0.5, 0.6) is 0 Å². The zero-order valence-electron chi connectivity index (χ0n) is 11.4. The number of hydrogen-bond donors (Lipinski definition) is 3. The predicted octanol–water partition coefficient (Wildman–Crippen LogP) is 2.55. The van der Waals surface area contributed by atoms with Gasteiger partial charge in [0, 0.05) is 31.0 Å². The Hall–Kier alpha value is -2.46. The molecule has 1 aliphatic rings. The Balaban J connectivity index is 1.70. The molecule has 2 aromatic rings. The first-order chi connectivity index (χ1) is 9.81. The fourth-order valence-corrected chi connectivity index (χ4v) is 2.15. The van der Waals surface area contributed by atoms with E-state index >= 15 is 0 Å². The summed E-state index contributed by atoms with van der Waals surface area (Å²) >= 11 is 0. The van der Waals surface area contributed by atoms with E-state index in [1.165, 1.54) is 5.56 Å². The fourth-order valence-electron chi connectivity index (χ4n) is 2.15. The summed E-state index contributed by atoms with van der Waals surface area (Å²) in [6.45, 7) is 0.828. The Kier molecular flexibility index (Phi) is 3.56. The van der Waals surface area contributed by atoms with Gasteiger partial charge in [-0.1, -0.05) is 42.5 Å². The molecule has 4 nitrogen and oxygen atoms in total. The first-order valence-electron chi connectivity index (χ1n) is 6.66. The van der Waals surface area contributed by atoms with Crippen molar-refractivity contribution in [1.29, 1.82) is 0 Å². The summed E-state index contributed by atoms with van der Waals surface area (Å²) < 4.78 is 0. The SMILES string of the molecule is CN1C=C(c2cccc(NCc3ccccc3)c2)NN1. The van der Waals surface area contributed by atoms with Crippen molar-refractivity contribution in [3.63, 3.8) is 0 Å². The van der Waals surface area contributed by atoms with Gasteiger partial charge in [0.25, 0.3) is 0 Å². The zero-order valence-corrected chi connectivity index (χ0v) is 11.4. The Morgan fingerprint density at radius 1 is 1.05 bits per heavy atom. The lowest BCUT2D eigenvalue weighted by molar-refractivity contribution is 0.330. The van der Waals surface area contributed by atoms with Gasteiger partial charge in [-0.25, -0.2) is 0 Å². The lowest BCUT2D eigenvalue weighted by atomic mass is 10.1. The highest BCUT2D eigenvalue weighted by Crippen LogP contribution is 2.19. The van der Waals surface area contributed by atoms with Crippen LogP contribution in [-0.4, -0.2) is 12.1 Å². The molecule has 1 aliphatic heterocycles. The van der Waals surface area contributed by atoms with Crippen LogP contribution in [0.2, 0.25) is 0 Å². The van der Waals surface area contributed by atoms with Gasteiger partial charge in [0.15, 0.2) is 0 Å². The lowest BCUT2D eigenvalue weighted by Crippen LogP contribution is -2.33.